The van der Waals surface area contributed by atoms with E-state index in [-0.39, 0.29) is 24.4 Å². The molecule has 0 saturated carbocycles. The average molecular weight is 244 g/mol. The Morgan fingerprint density at radius 1 is 1.50 bits per heavy atom. The first-order chi connectivity index (χ1) is 7.06. The van der Waals surface area contributed by atoms with Gasteiger partial charge in [0.25, 0.3) is 5.91 Å². The number of nitrogens with two attached hydrogens (primary N) is 1. The van der Waals surface area contributed by atoms with Crippen molar-refractivity contribution in [2.45, 2.75) is 26.8 Å². The molecule has 90 valence electrons. The molecule has 4 nitrogen and oxygen atoms in total. The van der Waals surface area contributed by atoms with E-state index in [2.05, 4.69) is 4.98 Å². The second-order valence-electron chi connectivity index (χ2n) is 3.66. The molecule has 0 aliphatic carbocycles. The number of hydrogen-bond acceptors (Lipinski definition) is 3. The van der Waals surface area contributed by atoms with Crippen molar-refractivity contribution < 1.29 is 4.79 Å². The van der Waals surface area contributed by atoms with E-state index in [1.54, 1.807) is 17.0 Å². The van der Waals surface area contributed by atoms with Gasteiger partial charge < -0.3 is 10.6 Å². The Morgan fingerprint density at radius 2 is 2.12 bits per heavy atom. The van der Waals surface area contributed by atoms with Crippen LogP contribution in [-0.4, -0.2) is 28.4 Å². The lowest BCUT2D eigenvalue weighted by Crippen LogP contribution is -2.37. The van der Waals surface area contributed by atoms with E-state index >= 15 is 0 Å². The predicted molar refractivity (Wildman–Crippen MR) is 67.7 cm³/mol. The van der Waals surface area contributed by atoms with Crippen molar-refractivity contribution in [3.8, 4) is 0 Å². The Morgan fingerprint density at radius 3 is 2.50 bits per heavy atom. The summed E-state index contributed by atoms with van der Waals surface area (Å²) in [5.74, 6) is -0.0486. The van der Waals surface area contributed by atoms with Crippen molar-refractivity contribution in [2.75, 3.05) is 12.3 Å². The van der Waals surface area contributed by atoms with Gasteiger partial charge in [0.1, 0.15) is 5.69 Å². The van der Waals surface area contributed by atoms with E-state index < -0.39 is 0 Å². The van der Waals surface area contributed by atoms with E-state index in [1.165, 1.54) is 6.20 Å². The maximum atomic E-state index is 12.0. The standard InChI is InChI=1S/C11H17N3O.ClH/c1-4-14(8(2)3)11(15)10-6-5-9(12)7-13-10;/h5-8H,4,12H2,1-3H3;1H. The number of amides is 1. The van der Waals surface area contributed by atoms with E-state index in [9.17, 15) is 4.79 Å². The highest BCUT2D eigenvalue weighted by Crippen LogP contribution is 2.07. The number of carbonyl (C=O) groups excluding carboxylic acids is 1. The third-order valence-corrected chi connectivity index (χ3v) is 2.23. The molecule has 0 bridgehead atoms. The molecule has 0 unspecified atom stereocenters. The van der Waals surface area contributed by atoms with Crippen LogP contribution in [0.25, 0.3) is 0 Å². The highest BCUT2D eigenvalue weighted by Gasteiger charge is 2.17. The molecule has 1 aromatic rings. The van der Waals surface area contributed by atoms with Gasteiger partial charge in [-0.3, -0.25) is 4.79 Å². The minimum absolute atomic E-state index is 0. The lowest BCUT2D eigenvalue weighted by molar-refractivity contribution is 0.0711. The van der Waals surface area contributed by atoms with Crippen LogP contribution in [0.15, 0.2) is 18.3 Å². The summed E-state index contributed by atoms with van der Waals surface area (Å²) in [6.45, 7) is 6.61. The van der Waals surface area contributed by atoms with Crippen LogP contribution in [-0.2, 0) is 0 Å². The Labute approximate surface area is 102 Å². The smallest absolute Gasteiger partial charge is 0.272 e. The number of halogens is 1. The van der Waals surface area contributed by atoms with Crippen LogP contribution in [0.4, 0.5) is 5.69 Å². The second kappa shape index (κ2) is 6.33. The quantitative estimate of drug-likeness (QED) is 0.883. The molecule has 1 aromatic heterocycles. The topological polar surface area (TPSA) is 59.2 Å². The first-order valence-corrected chi connectivity index (χ1v) is 5.08. The number of hydrogen-bond donors (Lipinski definition) is 1. The maximum Gasteiger partial charge on any atom is 0.272 e. The molecule has 0 saturated heterocycles. The third-order valence-electron chi connectivity index (χ3n) is 2.23. The molecule has 0 spiro atoms. The van der Waals surface area contributed by atoms with Gasteiger partial charge in [-0.25, -0.2) is 4.98 Å². The predicted octanol–water partition coefficient (Wildman–Crippen LogP) is 1.96. The summed E-state index contributed by atoms with van der Waals surface area (Å²) < 4.78 is 0. The second-order valence-corrected chi connectivity index (χ2v) is 3.66. The summed E-state index contributed by atoms with van der Waals surface area (Å²) in [6, 6.07) is 3.53. The number of nitrogens with zero attached hydrogens (tertiary/aromatic N) is 2. The van der Waals surface area contributed by atoms with Crippen molar-refractivity contribution in [2.24, 2.45) is 0 Å². The van der Waals surface area contributed by atoms with E-state index in [0.29, 0.717) is 17.9 Å². The molecule has 0 aliphatic rings. The number of aromatic nitrogens is 1. The van der Waals surface area contributed by atoms with E-state index in [0.717, 1.165) is 0 Å². The summed E-state index contributed by atoms with van der Waals surface area (Å²) >= 11 is 0. The number of nitrogen functional groups attached to an aromatic ring is 1. The van der Waals surface area contributed by atoms with Crippen molar-refractivity contribution in [1.82, 2.24) is 9.88 Å². The molecule has 16 heavy (non-hydrogen) atoms. The van der Waals surface area contributed by atoms with Gasteiger partial charge in [-0.1, -0.05) is 0 Å². The molecular formula is C11H18ClN3O. The van der Waals surface area contributed by atoms with Crippen LogP contribution >= 0.6 is 12.4 Å². The van der Waals surface area contributed by atoms with Crippen LogP contribution in [0.1, 0.15) is 31.3 Å². The van der Waals surface area contributed by atoms with Crippen LogP contribution < -0.4 is 5.73 Å². The van der Waals surface area contributed by atoms with Gasteiger partial charge in [0.05, 0.1) is 11.9 Å². The Balaban J connectivity index is 0.00000225. The molecule has 1 amide bonds. The third kappa shape index (κ3) is 3.38. The lowest BCUT2D eigenvalue weighted by Gasteiger charge is -2.24. The lowest BCUT2D eigenvalue weighted by atomic mass is 10.2. The first kappa shape index (κ1) is 14.7. The zero-order valence-corrected chi connectivity index (χ0v) is 10.6. The molecule has 0 aromatic carbocycles. The summed E-state index contributed by atoms with van der Waals surface area (Å²) in [7, 11) is 0. The Hall–Kier alpha value is -1.29. The fourth-order valence-corrected chi connectivity index (χ4v) is 1.42. The summed E-state index contributed by atoms with van der Waals surface area (Å²) in [5.41, 5.74) is 6.52. The zero-order chi connectivity index (χ0) is 11.4. The Bertz CT molecular complexity index is 338. The molecule has 2 N–H and O–H groups in total. The fourth-order valence-electron chi connectivity index (χ4n) is 1.42. The van der Waals surface area contributed by atoms with E-state index in [1.807, 2.05) is 20.8 Å². The molecule has 0 aliphatic heterocycles. The monoisotopic (exact) mass is 243 g/mol. The van der Waals surface area contributed by atoms with Gasteiger partial charge in [0.15, 0.2) is 0 Å². The zero-order valence-electron chi connectivity index (χ0n) is 9.80. The number of rotatable bonds is 3. The average Bonchev–Trinajstić information content (AvgIpc) is 2.19. The SMILES string of the molecule is CCN(C(=O)c1ccc(N)cn1)C(C)C.Cl. The van der Waals surface area contributed by atoms with Crippen molar-refractivity contribution in [3.05, 3.63) is 24.0 Å². The molecule has 1 rings (SSSR count). The molecular weight excluding hydrogens is 226 g/mol. The van der Waals surface area contributed by atoms with Crippen molar-refractivity contribution >= 4 is 24.0 Å². The number of pyridine rings is 1. The highest BCUT2D eigenvalue weighted by molar-refractivity contribution is 5.92. The van der Waals surface area contributed by atoms with Crippen LogP contribution in [0.3, 0.4) is 0 Å². The minimum atomic E-state index is -0.0486. The Kier molecular flexibility index (Phi) is 5.82. The summed E-state index contributed by atoms with van der Waals surface area (Å²) in [4.78, 5) is 17.7. The van der Waals surface area contributed by atoms with Crippen molar-refractivity contribution in [1.29, 1.82) is 0 Å². The van der Waals surface area contributed by atoms with Gasteiger partial charge in [-0.05, 0) is 32.9 Å². The van der Waals surface area contributed by atoms with Gasteiger partial charge >= 0.3 is 0 Å². The van der Waals surface area contributed by atoms with Gasteiger partial charge in [0.2, 0.25) is 0 Å². The first-order valence-electron chi connectivity index (χ1n) is 5.08. The summed E-state index contributed by atoms with van der Waals surface area (Å²) in [6.07, 6.45) is 1.50. The molecule has 5 heteroatoms. The number of anilines is 1. The normalized spacial score (nSPS) is 9.75. The largest absolute Gasteiger partial charge is 0.397 e. The van der Waals surface area contributed by atoms with Crippen LogP contribution in [0.2, 0.25) is 0 Å². The maximum absolute atomic E-state index is 12.0. The van der Waals surface area contributed by atoms with Gasteiger partial charge in [-0.2, -0.15) is 0 Å². The van der Waals surface area contributed by atoms with Crippen LogP contribution in [0.5, 0.6) is 0 Å². The van der Waals surface area contributed by atoms with Crippen molar-refractivity contribution in [3.63, 3.8) is 0 Å². The summed E-state index contributed by atoms with van der Waals surface area (Å²) in [5, 5.41) is 0. The molecule has 0 atom stereocenters. The molecule has 0 fully saturated rings. The molecule has 1 heterocycles. The molecule has 0 radical (unpaired) electrons. The van der Waals surface area contributed by atoms with Gasteiger partial charge in [0, 0.05) is 12.6 Å². The van der Waals surface area contributed by atoms with Gasteiger partial charge in [-0.15, -0.1) is 12.4 Å². The minimum Gasteiger partial charge on any atom is -0.397 e. The number of carbonyl (C=O) groups is 1. The van der Waals surface area contributed by atoms with Crippen LogP contribution in [0, 0.1) is 0 Å². The highest BCUT2D eigenvalue weighted by atomic mass is 35.5. The fraction of sp³-hybridized carbons (Fsp3) is 0.455. The van der Waals surface area contributed by atoms with E-state index in [4.69, 9.17) is 5.73 Å².